The molecular formula is C19H22N6O. The highest BCUT2D eigenvalue weighted by atomic mass is 16.1. The molecule has 0 spiro atoms. The number of aromatic nitrogens is 5. The van der Waals surface area contributed by atoms with Gasteiger partial charge in [-0.1, -0.05) is 0 Å². The van der Waals surface area contributed by atoms with Gasteiger partial charge in [0, 0.05) is 30.9 Å². The molecule has 1 unspecified atom stereocenters. The average Bonchev–Trinajstić information content (AvgIpc) is 3.26. The lowest BCUT2D eigenvalue weighted by Crippen LogP contribution is -2.37. The fourth-order valence-electron chi connectivity index (χ4n) is 3.95. The molecule has 2 fully saturated rings. The molecule has 1 aliphatic heterocycles. The van der Waals surface area contributed by atoms with E-state index in [2.05, 4.69) is 26.1 Å². The van der Waals surface area contributed by atoms with Crippen LogP contribution in [0.15, 0.2) is 35.4 Å². The van der Waals surface area contributed by atoms with Crippen LogP contribution in [-0.2, 0) is 6.54 Å². The van der Waals surface area contributed by atoms with E-state index in [4.69, 9.17) is 0 Å². The molecule has 1 saturated heterocycles. The molecule has 1 aliphatic carbocycles. The minimum atomic E-state index is -0.0207. The Hall–Kier alpha value is -2.70. The van der Waals surface area contributed by atoms with Crippen LogP contribution < -0.4 is 10.5 Å². The van der Waals surface area contributed by atoms with Crippen LogP contribution in [0.4, 0.5) is 5.82 Å². The molecule has 26 heavy (non-hydrogen) atoms. The van der Waals surface area contributed by atoms with Crippen LogP contribution in [0.5, 0.6) is 0 Å². The lowest BCUT2D eigenvalue weighted by Gasteiger charge is -2.26. The number of rotatable bonds is 4. The number of anilines is 1. The van der Waals surface area contributed by atoms with Gasteiger partial charge in [0.1, 0.15) is 5.52 Å². The Morgan fingerprint density at radius 1 is 1.19 bits per heavy atom. The van der Waals surface area contributed by atoms with Crippen LogP contribution in [-0.4, -0.2) is 37.0 Å². The second kappa shape index (κ2) is 5.93. The van der Waals surface area contributed by atoms with Crippen molar-refractivity contribution in [1.29, 1.82) is 0 Å². The summed E-state index contributed by atoms with van der Waals surface area (Å²) < 4.78 is 3.53. The van der Waals surface area contributed by atoms with Gasteiger partial charge in [-0.25, -0.2) is 14.2 Å². The summed E-state index contributed by atoms with van der Waals surface area (Å²) in [4.78, 5) is 19.3. The van der Waals surface area contributed by atoms with E-state index in [9.17, 15) is 4.79 Å². The lowest BCUT2D eigenvalue weighted by molar-refractivity contribution is 0.481. The average molecular weight is 350 g/mol. The minimum absolute atomic E-state index is 0.0207. The van der Waals surface area contributed by atoms with Crippen molar-refractivity contribution in [2.75, 3.05) is 11.4 Å². The van der Waals surface area contributed by atoms with Crippen molar-refractivity contribution >= 4 is 11.3 Å². The molecule has 2 aliphatic rings. The van der Waals surface area contributed by atoms with Crippen molar-refractivity contribution in [1.82, 2.24) is 24.4 Å². The molecule has 0 aromatic carbocycles. The van der Waals surface area contributed by atoms with E-state index in [-0.39, 0.29) is 11.6 Å². The number of fused-ring (bicyclic) bond motifs is 1. The van der Waals surface area contributed by atoms with Crippen molar-refractivity contribution in [2.45, 2.75) is 51.1 Å². The van der Waals surface area contributed by atoms with E-state index in [0.29, 0.717) is 12.5 Å². The number of nitrogens with zero attached hydrogens (tertiary/aromatic N) is 6. The van der Waals surface area contributed by atoms with Crippen LogP contribution >= 0.6 is 0 Å². The molecule has 3 aromatic heterocycles. The van der Waals surface area contributed by atoms with E-state index in [1.54, 1.807) is 16.9 Å². The van der Waals surface area contributed by atoms with E-state index >= 15 is 0 Å². The van der Waals surface area contributed by atoms with Gasteiger partial charge in [0.15, 0.2) is 5.82 Å². The summed E-state index contributed by atoms with van der Waals surface area (Å²) in [7, 11) is 0. The molecule has 1 saturated carbocycles. The molecule has 0 bridgehead atoms. The normalized spacial score (nSPS) is 20.2. The molecule has 4 heterocycles. The first-order valence-electron chi connectivity index (χ1n) is 9.35. The third kappa shape index (κ3) is 2.67. The van der Waals surface area contributed by atoms with Crippen molar-refractivity contribution in [3.63, 3.8) is 0 Å². The van der Waals surface area contributed by atoms with Gasteiger partial charge in [-0.2, -0.15) is 10.2 Å². The van der Waals surface area contributed by atoms with Gasteiger partial charge in [0.05, 0.1) is 24.0 Å². The Labute approximate surface area is 151 Å². The topological polar surface area (TPSA) is 68.3 Å². The Morgan fingerprint density at radius 3 is 2.92 bits per heavy atom. The van der Waals surface area contributed by atoms with Gasteiger partial charge in [-0.05, 0) is 44.7 Å². The first-order valence-corrected chi connectivity index (χ1v) is 9.35. The SMILES string of the molecule is Cc1cc2c(N3CCCC3Cn3nc(C4CC4)ccc3=O)nccn2n1. The molecular weight excluding hydrogens is 328 g/mol. The molecule has 7 nitrogen and oxygen atoms in total. The summed E-state index contributed by atoms with van der Waals surface area (Å²) >= 11 is 0. The van der Waals surface area contributed by atoms with Crippen LogP contribution in [0.3, 0.4) is 0 Å². The maximum absolute atomic E-state index is 12.3. The highest BCUT2D eigenvalue weighted by molar-refractivity contribution is 5.69. The van der Waals surface area contributed by atoms with E-state index in [1.165, 1.54) is 12.8 Å². The van der Waals surface area contributed by atoms with Gasteiger partial charge in [-0.15, -0.1) is 0 Å². The first kappa shape index (κ1) is 15.5. The van der Waals surface area contributed by atoms with Gasteiger partial charge in [0.25, 0.3) is 5.56 Å². The van der Waals surface area contributed by atoms with E-state index < -0.39 is 0 Å². The molecule has 5 rings (SSSR count). The van der Waals surface area contributed by atoms with E-state index in [0.717, 1.165) is 42.1 Å². The largest absolute Gasteiger partial charge is 0.350 e. The molecule has 134 valence electrons. The zero-order valence-electron chi connectivity index (χ0n) is 14.9. The monoisotopic (exact) mass is 350 g/mol. The van der Waals surface area contributed by atoms with E-state index in [1.807, 2.05) is 23.7 Å². The van der Waals surface area contributed by atoms with Crippen molar-refractivity contribution in [3.8, 4) is 0 Å². The second-order valence-corrected chi connectivity index (χ2v) is 7.41. The summed E-state index contributed by atoms with van der Waals surface area (Å²) in [5.74, 6) is 1.49. The fraction of sp³-hybridized carbons (Fsp3) is 0.474. The summed E-state index contributed by atoms with van der Waals surface area (Å²) in [6.45, 7) is 3.54. The van der Waals surface area contributed by atoms with Crippen LogP contribution in [0.1, 0.15) is 43.0 Å². The first-order chi connectivity index (χ1) is 12.7. The predicted octanol–water partition coefficient (Wildman–Crippen LogP) is 2.14. The van der Waals surface area contributed by atoms with Gasteiger partial charge < -0.3 is 4.90 Å². The summed E-state index contributed by atoms with van der Waals surface area (Å²) in [5.41, 5.74) is 3.03. The van der Waals surface area contributed by atoms with Crippen LogP contribution in [0, 0.1) is 6.92 Å². The maximum Gasteiger partial charge on any atom is 0.266 e. The van der Waals surface area contributed by atoms with Crippen LogP contribution in [0.2, 0.25) is 0 Å². The summed E-state index contributed by atoms with van der Waals surface area (Å²) in [5, 5.41) is 9.12. The molecule has 7 heteroatoms. The Balaban J connectivity index is 1.47. The van der Waals surface area contributed by atoms with Crippen molar-refractivity contribution in [3.05, 3.63) is 52.3 Å². The van der Waals surface area contributed by atoms with Gasteiger partial charge in [0.2, 0.25) is 0 Å². The molecule has 0 amide bonds. The number of hydrogen-bond acceptors (Lipinski definition) is 5. The highest BCUT2D eigenvalue weighted by Gasteiger charge is 2.30. The van der Waals surface area contributed by atoms with Crippen LogP contribution in [0.25, 0.3) is 5.52 Å². The molecule has 0 radical (unpaired) electrons. The second-order valence-electron chi connectivity index (χ2n) is 7.41. The standard InChI is InChI=1S/C19H22N6O/c1-13-11-17-19(20-8-10-24(17)21-13)23-9-2-3-15(23)12-25-18(26)7-6-16(22-25)14-4-5-14/h6-8,10-11,14-15H,2-5,9,12H2,1H3. The zero-order valence-corrected chi connectivity index (χ0v) is 14.9. The lowest BCUT2D eigenvalue weighted by atomic mass is 10.2. The number of aryl methyl sites for hydroxylation is 1. The predicted molar refractivity (Wildman–Crippen MR) is 98.6 cm³/mol. The fourth-order valence-corrected chi connectivity index (χ4v) is 3.95. The Morgan fingerprint density at radius 2 is 2.08 bits per heavy atom. The Kier molecular flexibility index (Phi) is 3.55. The Bertz CT molecular complexity index is 1020. The maximum atomic E-state index is 12.3. The zero-order chi connectivity index (χ0) is 17.7. The summed E-state index contributed by atoms with van der Waals surface area (Å²) in [6, 6.07) is 5.85. The quantitative estimate of drug-likeness (QED) is 0.721. The van der Waals surface area contributed by atoms with Crippen molar-refractivity contribution < 1.29 is 0 Å². The summed E-state index contributed by atoms with van der Waals surface area (Å²) in [6.07, 6.45) is 8.18. The molecule has 3 aromatic rings. The number of hydrogen-bond donors (Lipinski definition) is 0. The third-order valence-corrected chi connectivity index (χ3v) is 5.41. The molecule has 1 atom stereocenters. The highest BCUT2D eigenvalue weighted by Crippen LogP contribution is 2.38. The minimum Gasteiger partial charge on any atom is -0.350 e. The van der Waals surface area contributed by atoms with Gasteiger partial charge in [-0.3, -0.25) is 4.79 Å². The third-order valence-electron chi connectivity index (χ3n) is 5.41. The van der Waals surface area contributed by atoms with Gasteiger partial charge >= 0.3 is 0 Å². The smallest absolute Gasteiger partial charge is 0.266 e. The molecule has 0 N–H and O–H groups in total. The van der Waals surface area contributed by atoms with Crippen molar-refractivity contribution in [2.24, 2.45) is 0 Å².